The van der Waals surface area contributed by atoms with Gasteiger partial charge in [-0.2, -0.15) is 0 Å². The Bertz CT molecular complexity index is 399. The summed E-state index contributed by atoms with van der Waals surface area (Å²) in [7, 11) is 3.34. The molecule has 1 atom stereocenters. The van der Waals surface area contributed by atoms with Crippen molar-refractivity contribution in [3.63, 3.8) is 0 Å². The summed E-state index contributed by atoms with van der Waals surface area (Å²) in [5.74, 6) is -0.375. The molecule has 18 heavy (non-hydrogen) atoms. The van der Waals surface area contributed by atoms with Crippen LogP contribution in [0.4, 0.5) is 5.69 Å². The number of hydrogen-bond acceptors (Lipinski definition) is 4. The Balaban J connectivity index is 2.58. The third-order valence-electron chi connectivity index (χ3n) is 3.09. The standard InChI is InChI=1S/C14H22N2O2/c1-11-5-7-12(8-6-11)16(3)10-9-14(2,15)13(17)18-4/h5-8H,9-10,15H2,1-4H3. The number of benzene rings is 1. The first-order chi connectivity index (χ1) is 8.36. The minimum Gasteiger partial charge on any atom is -0.468 e. The van der Waals surface area contributed by atoms with Crippen molar-refractivity contribution < 1.29 is 9.53 Å². The van der Waals surface area contributed by atoms with Gasteiger partial charge in [0, 0.05) is 19.3 Å². The Morgan fingerprint density at radius 2 is 1.94 bits per heavy atom. The fourth-order valence-corrected chi connectivity index (χ4v) is 1.66. The summed E-state index contributed by atoms with van der Waals surface area (Å²) in [6, 6.07) is 8.24. The van der Waals surface area contributed by atoms with Gasteiger partial charge in [-0.25, -0.2) is 0 Å². The molecule has 0 saturated carbocycles. The quantitative estimate of drug-likeness (QED) is 0.808. The Labute approximate surface area is 109 Å². The minimum absolute atomic E-state index is 0.375. The number of methoxy groups -OCH3 is 1. The zero-order chi connectivity index (χ0) is 13.8. The molecule has 0 aliphatic rings. The number of hydrogen-bond donors (Lipinski definition) is 1. The Morgan fingerprint density at radius 1 is 1.39 bits per heavy atom. The molecule has 0 aliphatic heterocycles. The average molecular weight is 250 g/mol. The third-order valence-corrected chi connectivity index (χ3v) is 3.09. The van der Waals surface area contributed by atoms with Crippen LogP contribution in [0, 0.1) is 6.92 Å². The predicted octanol–water partition coefficient (Wildman–Crippen LogP) is 1.71. The van der Waals surface area contributed by atoms with Crippen LogP contribution in [0.3, 0.4) is 0 Å². The van der Waals surface area contributed by atoms with Gasteiger partial charge in [-0.15, -0.1) is 0 Å². The number of esters is 1. The van der Waals surface area contributed by atoms with E-state index in [1.807, 2.05) is 7.05 Å². The maximum Gasteiger partial charge on any atom is 0.325 e. The van der Waals surface area contributed by atoms with Gasteiger partial charge in [0.1, 0.15) is 5.54 Å². The van der Waals surface area contributed by atoms with E-state index < -0.39 is 5.54 Å². The molecule has 0 saturated heterocycles. The number of nitrogens with zero attached hydrogens (tertiary/aromatic N) is 1. The zero-order valence-electron chi connectivity index (χ0n) is 11.6. The van der Waals surface area contributed by atoms with Crippen LogP contribution in [0.15, 0.2) is 24.3 Å². The van der Waals surface area contributed by atoms with Crippen LogP contribution >= 0.6 is 0 Å². The Hall–Kier alpha value is -1.55. The Morgan fingerprint density at radius 3 is 2.44 bits per heavy atom. The van der Waals surface area contributed by atoms with E-state index in [1.54, 1.807) is 6.92 Å². The fourth-order valence-electron chi connectivity index (χ4n) is 1.66. The zero-order valence-corrected chi connectivity index (χ0v) is 11.6. The van der Waals surface area contributed by atoms with Gasteiger partial charge in [0.25, 0.3) is 0 Å². The van der Waals surface area contributed by atoms with Crippen LogP contribution < -0.4 is 10.6 Å². The SMILES string of the molecule is COC(=O)C(C)(N)CCN(C)c1ccc(C)cc1. The first kappa shape index (κ1) is 14.5. The molecule has 0 amide bonds. The number of anilines is 1. The average Bonchev–Trinajstić information content (AvgIpc) is 2.35. The highest BCUT2D eigenvalue weighted by Crippen LogP contribution is 2.16. The smallest absolute Gasteiger partial charge is 0.325 e. The first-order valence-corrected chi connectivity index (χ1v) is 6.02. The van der Waals surface area contributed by atoms with Crippen LogP contribution in [0.2, 0.25) is 0 Å². The second-order valence-electron chi connectivity index (χ2n) is 4.92. The minimum atomic E-state index is -0.937. The number of carbonyl (C=O) groups excluding carboxylic acids is 1. The molecule has 1 unspecified atom stereocenters. The van der Waals surface area contributed by atoms with Gasteiger partial charge >= 0.3 is 5.97 Å². The van der Waals surface area contributed by atoms with E-state index in [0.29, 0.717) is 13.0 Å². The van der Waals surface area contributed by atoms with Crippen LogP contribution in [-0.4, -0.2) is 32.2 Å². The number of rotatable bonds is 5. The highest BCUT2D eigenvalue weighted by atomic mass is 16.5. The normalized spacial score (nSPS) is 13.8. The lowest BCUT2D eigenvalue weighted by Gasteiger charge is -2.26. The van der Waals surface area contributed by atoms with Crippen molar-refractivity contribution in [1.82, 2.24) is 0 Å². The third kappa shape index (κ3) is 3.74. The molecule has 1 aromatic rings. The maximum atomic E-state index is 11.5. The van der Waals surface area contributed by atoms with Gasteiger partial charge in [0.2, 0.25) is 0 Å². The van der Waals surface area contributed by atoms with E-state index in [-0.39, 0.29) is 5.97 Å². The fraction of sp³-hybridized carbons (Fsp3) is 0.500. The van der Waals surface area contributed by atoms with Gasteiger partial charge in [-0.1, -0.05) is 17.7 Å². The molecule has 0 radical (unpaired) electrons. The molecule has 0 bridgehead atoms. The lowest BCUT2D eigenvalue weighted by molar-refractivity contribution is -0.146. The largest absolute Gasteiger partial charge is 0.468 e. The molecule has 0 spiro atoms. The molecule has 100 valence electrons. The number of ether oxygens (including phenoxy) is 1. The van der Waals surface area contributed by atoms with Crippen LogP contribution in [0.5, 0.6) is 0 Å². The molecular formula is C14H22N2O2. The molecule has 4 heteroatoms. The van der Waals surface area contributed by atoms with Crippen molar-refractivity contribution in [3.8, 4) is 0 Å². The van der Waals surface area contributed by atoms with Crippen LogP contribution in [0.1, 0.15) is 18.9 Å². The van der Waals surface area contributed by atoms with Crippen molar-refractivity contribution in [1.29, 1.82) is 0 Å². The summed E-state index contributed by atoms with van der Waals surface area (Å²) in [5, 5.41) is 0. The molecule has 1 aromatic carbocycles. The van der Waals surface area contributed by atoms with Crippen molar-refractivity contribution >= 4 is 11.7 Å². The van der Waals surface area contributed by atoms with E-state index in [0.717, 1.165) is 5.69 Å². The topological polar surface area (TPSA) is 55.6 Å². The van der Waals surface area contributed by atoms with Gasteiger partial charge in [-0.05, 0) is 32.4 Å². The van der Waals surface area contributed by atoms with Gasteiger partial charge in [0.05, 0.1) is 7.11 Å². The molecule has 2 N–H and O–H groups in total. The highest BCUT2D eigenvalue weighted by Gasteiger charge is 2.29. The van der Waals surface area contributed by atoms with E-state index in [4.69, 9.17) is 5.73 Å². The summed E-state index contributed by atoms with van der Waals surface area (Å²) in [5.41, 5.74) is 7.32. The second kappa shape index (κ2) is 5.87. The first-order valence-electron chi connectivity index (χ1n) is 6.02. The second-order valence-corrected chi connectivity index (χ2v) is 4.92. The van der Waals surface area contributed by atoms with Gasteiger partial charge < -0.3 is 15.4 Å². The van der Waals surface area contributed by atoms with Gasteiger partial charge in [-0.3, -0.25) is 4.79 Å². The van der Waals surface area contributed by atoms with Crippen LogP contribution in [-0.2, 0) is 9.53 Å². The van der Waals surface area contributed by atoms with E-state index in [1.165, 1.54) is 12.7 Å². The lowest BCUT2D eigenvalue weighted by Crippen LogP contribution is -2.47. The molecule has 1 rings (SSSR count). The predicted molar refractivity (Wildman–Crippen MR) is 73.7 cm³/mol. The summed E-state index contributed by atoms with van der Waals surface area (Å²) >= 11 is 0. The van der Waals surface area contributed by atoms with E-state index in [9.17, 15) is 4.79 Å². The van der Waals surface area contributed by atoms with Crippen molar-refractivity contribution in [2.45, 2.75) is 25.8 Å². The molecule has 0 heterocycles. The lowest BCUT2D eigenvalue weighted by atomic mass is 9.99. The summed E-state index contributed by atoms with van der Waals surface area (Å²) in [6.45, 7) is 4.45. The number of aryl methyl sites for hydroxylation is 1. The Kier molecular flexibility index (Phi) is 4.73. The molecular weight excluding hydrogens is 228 g/mol. The number of nitrogens with two attached hydrogens (primary N) is 1. The number of carbonyl (C=O) groups is 1. The molecule has 0 aliphatic carbocycles. The van der Waals surface area contributed by atoms with Crippen molar-refractivity contribution in [3.05, 3.63) is 29.8 Å². The molecule has 0 fully saturated rings. The monoisotopic (exact) mass is 250 g/mol. The van der Waals surface area contributed by atoms with Crippen molar-refractivity contribution in [2.75, 3.05) is 25.6 Å². The summed E-state index contributed by atoms with van der Waals surface area (Å²) < 4.78 is 4.69. The van der Waals surface area contributed by atoms with Crippen molar-refractivity contribution in [2.24, 2.45) is 5.73 Å². The van der Waals surface area contributed by atoms with Crippen LogP contribution in [0.25, 0.3) is 0 Å². The molecule has 0 aromatic heterocycles. The summed E-state index contributed by atoms with van der Waals surface area (Å²) in [4.78, 5) is 13.5. The highest BCUT2D eigenvalue weighted by molar-refractivity contribution is 5.79. The van der Waals surface area contributed by atoms with E-state index in [2.05, 4.69) is 40.8 Å². The molecule has 4 nitrogen and oxygen atoms in total. The van der Waals surface area contributed by atoms with Gasteiger partial charge in [0.15, 0.2) is 0 Å². The maximum absolute atomic E-state index is 11.5. The summed E-state index contributed by atoms with van der Waals surface area (Å²) in [6.07, 6.45) is 0.546. The van der Waals surface area contributed by atoms with E-state index >= 15 is 0 Å².